The van der Waals surface area contributed by atoms with Gasteiger partial charge < -0.3 is 10.6 Å². The Morgan fingerprint density at radius 2 is 1.50 bits per heavy atom. The van der Waals surface area contributed by atoms with Gasteiger partial charge in [0, 0.05) is 25.3 Å². The van der Waals surface area contributed by atoms with Crippen molar-refractivity contribution in [3.63, 3.8) is 0 Å². The quantitative estimate of drug-likeness (QED) is 0.292. The lowest BCUT2D eigenvalue weighted by molar-refractivity contribution is -0.120. The molecule has 0 radical (unpaired) electrons. The van der Waals surface area contributed by atoms with E-state index in [1.165, 1.54) is 21.6 Å². The predicted octanol–water partition coefficient (Wildman–Crippen LogP) is 2.26. The fraction of sp³-hybridized carbons (Fsp3) is 0.750. The van der Waals surface area contributed by atoms with Gasteiger partial charge in [0.05, 0.1) is 5.75 Å². The summed E-state index contributed by atoms with van der Waals surface area (Å²) in [5, 5.41) is 9.72. The zero-order valence-corrected chi connectivity index (χ0v) is 17.3. The molecule has 0 rings (SSSR count). The summed E-state index contributed by atoms with van der Waals surface area (Å²) in [6.07, 6.45) is 2.85. The highest BCUT2D eigenvalue weighted by Crippen LogP contribution is 2.19. The van der Waals surface area contributed by atoms with Crippen molar-refractivity contribution in [1.82, 2.24) is 21.3 Å². The smallest absolute Gasteiger partial charge is 0.321 e. The average molecular weight is 407 g/mol. The lowest BCUT2D eigenvalue weighted by atomic mass is 10.1. The largest absolute Gasteiger partial charge is 0.338 e. The van der Waals surface area contributed by atoms with Crippen LogP contribution < -0.4 is 21.3 Å². The molecule has 26 heavy (non-hydrogen) atoms. The molecule has 0 bridgehead atoms. The molecule has 4 N–H and O–H groups in total. The van der Waals surface area contributed by atoms with Crippen LogP contribution in [-0.2, 0) is 9.59 Å². The first-order chi connectivity index (χ1) is 12.3. The van der Waals surface area contributed by atoms with Crippen LogP contribution in [0, 0.1) is 5.92 Å². The van der Waals surface area contributed by atoms with Crippen LogP contribution in [0.4, 0.5) is 9.59 Å². The molecule has 0 atom stereocenters. The highest BCUT2D eigenvalue weighted by Gasteiger charge is 2.08. The van der Waals surface area contributed by atoms with Crippen LogP contribution in [-0.4, -0.2) is 48.5 Å². The van der Waals surface area contributed by atoms with Crippen molar-refractivity contribution < 1.29 is 19.2 Å². The van der Waals surface area contributed by atoms with E-state index in [2.05, 4.69) is 35.1 Å². The van der Waals surface area contributed by atoms with Gasteiger partial charge in [-0.3, -0.25) is 20.2 Å². The summed E-state index contributed by atoms with van der Waals surface area (Å²) in [4.78, 5) is 45.8. The molecule has 0 fully saturated rings. The third kappa shape index (κ3) is 16.1. The molecule has 0 aromatic rings. The number of carbonyl (C=O) groups is 4. The van der Waals surface area contributed by atoms with Gasteiger partial charge in [-0.1, -0.05) is 48.8 Å². The van der Waals surface area contributed by atoms with Crippen molar-refractivity contribution in [3.05, 3.63) is 0 Å². The van der Waals surface area contributed by atoms with Gasteiger partial charge >= 0.3 is 12.1 Å². The van der Waals surface area contributed by atoms with Crippen molar-refractivity contribution in [3.8, 4) is 0 Å². The minimum atomic E-state index is -0.507. The number of hydrogen-bond donors (Lipinski definition) is 4. The first-order valence-electron chi connectivity index (χ1n) is 8.74. The molecule has 0 aromatic heterocycles. The summed E-state index contributed by atoms with van der Waals surface area (Å²) >= 11 is 0. The van der Waals surface area contributed by atoms with Crippen LogP contribution >= 0.6 is 21.6 Å². The summed E-state index contributed by atoms with van der Waals surface area (Å²) < 4.78 is 0. The predicted molar refractivity (Wildman–Crippen MR) is 107 cm³/mol. The second-order valence-corrected chi connectivity index (χ2v) is 8.56. The molecule has 0 aromatic carbocycles. The van der Waals surface area contributed by atoms with Crippen LogP contribution in [0.2, 0.25) is 0 Å². The summed E-state index contributed by atoms with van der Waals surface area (Å²) in [7, 11) is 2.70. The number of urea groups is 2. The molecule has 0 spiro atoms. The second-order valence-electron chi connectivity index (χ2n) is 5.98. The number of nitrogens with one attached hydrogen (secondary N) is 4. The number of amides is 6. The fourth-order valence-corrected chi connectivity index (χ4v) is 3.35. The van der Waals surface area contributed by atoms with E-state index in [4.69, 9.17) is 0 Å². The highest BCUT2D eigenvalue weighted by atomic mass is 33.1. The third-order valence-electron chi connectivity index (χ3n) is 3.01. The summed E-state index contributed by atoms with van der Waals surface area (Å²) in [6, 6.07) is -0.986. The van der Waals surface area contributed by atoms with Crippen molar-refractivity contribution >= 4 is 45.5 Å². The maximum Gasteiger partial charge on any atom is 0.321 e. The standard InChI is InChI=1S/C16H30N4O4S2/c1-4-5-6-13(21)19-16(24)18-9-10-25-26-11-14(22)20-15(23)17-8-7-12(2)3/h12H,4-11H2,1-3H3,(H2,17,20,22,23)(H2,18,19,21,24). The zero-order valence-electron chi connectivity index (χ0n) is 15.7. The third-order valence-corrected chi connectivity index (χ3v) is 5.29. The highest BCUT2D eigenvalue weighted by molar-refractivity contribution is 8.76. The van der Waals surface area contributed by atoms with E-state index in [9.17, 15) is 19.2 Å². The first-order valence-corrected chi connectivity index (χ1v) is 11.2. The van der Waals surface area contributed by atoms with E-state index in [0.717, 1.165) is 19.3 Å². The molecule has 8 nitrogen and oxygen atoms in total. The Hall–Kier alpha value is -1.42. The normalized spacial score (nSPS) is 10.3. The summed E-state index contributed by atoms with van der Waals surface area (Å²) in [5.74, 6) is 0.564. The Labute approximate surface area is 163 Å². The number of carbonyl (C=O) groups excluding carboxylic acids is 4. The molecule has 0 unspecified atom stereocenters. The minimum Gasteiger partial charge on any atom is -0.338 e. The van der Waals surface area contributed by atoms with Crippen molar-refractivity contribution in [1.29, 1.82) is 0 Å². The number of unbranched alkanes of at least 4 members (excludes halogenated alkanes) is 1. The number of rotatable bonds is 12. The molecule has 0 heterocycles. The molecule has 0 aliphatic rings. The van der Waals surface area contributed by atoms with Crippen LogP contribution in [0.25, 0.3) is 0 Å². The number of hydrogen-bond acceptors (Lipinski definition) is 6. The molecule has 150 valence electrons. The SMILES string of the molecule is CCCCC(=O)NC(=O)NCCSSCC(=O)NC(=O)NCCC(C)C. The van der Waals surface area contributed by atoms with Crippen molar-refractivity contribution in [2.45, 2.75) is 46.5 Å². The lowest BCUT2D eigenvalue weighted by Gasteiger charge is -2.08. The molecule has 6 amide bonds. The molecule has 0 saturated carbocycles. The fourth-order valence-electron chi connectivity index (χ4n) is 1.61. The van der Waals surface area contributed by atoms with Crippen LogP contribution in [0.1, 0.15) is 46.5 Å². The summed E-state index contributed by atoms with van der Waals surface area (Å²) in [5.41, 5.74) is 0. The molecule has 0 aliphatic carbocycles. The van der Waals surface area contributed by atoms with Crippen LogP contribution in [0.5, 0.6) is 0 Å². The van der Waals surface area contributed by atoms with Crippen LogP contribution in [0.15, 0.2) is 0 Å². The van der Waals surface area contributed by atoms with Gasteiger partial charge in [-0.15, -0.1) is 0 Å². The number of imide groups is 2. The Morgan fingerprint density at radius 3 is 2.12 bits per heavy atom. The summed E-state index contributed by atoms with van der Waals surface area (Å²) in [6.45, 7) is 7.00. The molecule has 0 saturated heterocycles. The van der Waals surface area contributed by atoms with Gasteiger partial charge in [-0.05, 0) is 18.8 Å². The van der Waals surface area contributed by atoms with Gasteiger partial charge in [-0.25, -0.2) is 9.59 Å². The van der Waals surface area contributed by atoms with E-state index in [1.807, 2.05) is 6.92 Å². The van der Waals surface area contributed by atoms with Gasteiger partial charge in [0.2, 0.25) is 11.8 Å². The van der Waals surface area contributed by atoms with Crippen LogP contribution in [0.3, 0.4) is 0 Å². The lowest BCUT2D eigenvalue weighted by Crippen LogP contribution is -2.41. The molecule has 10 heteroatoms. The first kappa shape index (κ1) is 24.6. The Morgan fingerprint density at radius 1 is 0.885 bits per heavy atom. The van der Waals surface area contributed by atoms with Gasteiger partial charge in [0.15, 0.2) is 0 Å². The Kier molecular flexibility index (Phi) is 14.9. The van der Waals surface area contributed by atoms with E-state index >= 15 is 0 Å². The minimum absolute atomic E-state index is 0.143. The van der Waals surface area contributed by atoms with Gasteiger partial charge in [-0.2, -0.15) is 0 Å². The molecule has 0 aliphatic heterocycles. The van der Waals surface area contributed by atoms with Crippen molar-refractivity contribution in [2.75, 3.05) is 24.6 Å². The topological polar surface area (TPSA) is 116 Å². The van der Waals surface area contributed by atoms with Gasteiger partial charge in [0.1, 0.15) is 0 Å². The van der Waals surface area contributed by atoms with E-state index < -0.39 is 12.1 Å². The average Bonchev–Trinajstić information content (AvgIpc) is 2.55. The molecular weight excluding hydrogens is 376 g/mol. The maximum absolute atomic E-state index is 11.6. The maximum atomic E-state index is 11.6. The second kappa shape index (κ2) is 15.8. The Bertz CT molecular complexity index is 462. The van der Waals surface area contributed by atoms with Crippen molar-refractivity contribution in [2.24, 2.45) is 5.92 Å². The Balaban J connectivity index is 3.59. The zero-order chi connectivity index (χ0) is 19.8. The van der Waals surface area contributed by atoms with E-state index in [0.29, 0.717) is 31.2 Å². The monoisotopic (exact) mass is 406 g/mol. The molecular formula is C16H30N4O4S2. The van der Waals surface area contributed by atoms with E-state index in [1.54, 1.807) is 0 Å². The van der Waals surface area contributed by atoms with Gasteiger partial charge in [0.25, 0.3) is 0 Å². The van der Waals surface area contributed by atoms with E-state index in [-0.39, 0.29) is 17.6 Å².